The third kappa shape index (κ3) is 4.11. The van der Waals surface area contributed by atoms with E-state index in [4.69, 9.17) is 0 Å². The highest BCUT2D eigenvalue weighted by Gasteiger charge is 2.32. The normalized spacial score (nSPS) is 17.1. The van der Waals surface area contributed by atoms with Crippen LogP contribution in [0.25, 0.3) is 11.1 Å². The Morgan fingerprint density at radius 3 is 2.33 bits per heavy atom. The molecule has 0 fully saturated rings. The van der Waals surface area contributed by atoms with Gasteiger partial charge in [-0.05, 0) is 39.6 Å². The Morgan fingerprint density at radius 1 is 1.20 bits per heavy atom. The van der Waals surface area contributed by atoms with Crippen LogP contribution in [0.3, 0.4) is 0 Å². The van der Waals surface area contributed by atoms with Crippen molar-refractivity contribution in [3.8, 4) is 11.1 Å². The summed E-state index contributed by atoms with van der Waals surface area (Å²) in [6.07, 6.45) is 4.58. The molecule has 1 atom stereocenters. The summed E-state index contributed by atoms with van der Waals surface area (Å²) in [7, 11) is 0.406. The summed E-state index contributed by atoms with van der Waals surface area (Å²) in [5.74, 6) is 0. The highest BCUT2D eigenvalue weighted by Crippen LogP contribution is 2.27. The first-order chi connectivity index (χ1) is 14.0. The fourth-order valence-corrected chi connectivity index (χ4v) is 3.79. The lowest BCUT2D eigenvalue weighted by atomic mass is 10.0. The van der Waals surface area contributed by atoms with Gasteiger partial charge in [-0.1, -0.05) is 42.5 Å². The van der Waals surface area contributed by atoms with Gasteiger partial charge in [0, 0.05) is 12.3 Å². The number of fused-ring (bicyclic) bond motifs is 1. The summed E-state index contributed by atoms with van der Waals surface area (Å²) in [6.45, 7) is 8.59. The first kappa shape index (κ1) is 22.0. The fourth-order valence-electron chi connectivity index (χ4n) is 3.53. The molecule has 1 aliphatic rings. The van der Waals surface area contributed by atoms with E-state index < -0.39 is 9.84 Å². The largest absolute Gasteiger partial charge is 0.303 e. The molecule has 7 nitrogen and oxygen atoms in total. The van der Waals surface area contributed by atoms with E-state index in [0.717, 1.165) is 17.4 Å². The van der Waals surface area contributed by atoms with Gasteiger partial charge in [-0.2, -0.15) is 0 Å². The van der Waals surface area contributed by atoms with Gasteiger partial charge in [-0.3, -0.25) is 9.48 Å². The third-order valence-electron chi connectivity index (χ3n) is 5.31. The topological polar surface area (TPSA) is 76.7 Å². The molecule has 0 amide bonds. The molecule has 0 spiro atoms. The molecule has 0 saturated heterocycles. The Hall–Kier alpha value is -2.71. The van der Waals surface area contributed by atoms with Crippen molar-refractivity contribution in [2.24, 2.45) is 4.99 Å². The minimum Gasteiger partial charge on any atom is -0.303 e. The van der Waals surface area contributed by atoms with Gasteiger partial charge in [0.1, 0.15) is 5.03 Å². The Kier molecular flexibility index (Phi) is 6.01. The van der Waals surface area contributed by atoms with Crippen LogP contribution in [0.1, 0.15) is 18.2 Å². The zero-order chi connectivity index (χ0) is 22.2. The molecular weight excluding hydrogens is 400 g/mol. The van der Waals surface area contributed by atoms with E-state index in [1.165, 1.54) is 0 Å². The molecule has 0 saturated carbocycles. The Morgan fingerprint density at radius 2 is 1.80 bits per heavy atom. The summed E-state index contributed by atoms with van der Waals surface area (Å²) in [5.41, 5.74) is 3.28. The lowest BCUT2D eigenvalue weighted by Crippen LogP contribution is -2.31. The average Bonchev–Trinajstić information content (AvgIpc) is 3.20. The fraction of sp³-hybridized carbons (Fsp3) is 0.364. The maximum atomic E-state index is 13.4. The predicted molar refractivity (Wildman–Crippen MR) is 122 cm³/mol. The highest BCUT2D eigenvalue weighted by molar-refractivity contribution is 7.94. The second-order valence-corrected chi connectivity index (χ2v) is 9.85. The van der Waals surface area contributed by atoms with E-state index in [2.05, 4.69) is 16.5 Å². The smallest absolute Gasteiger partial charge is 0.275 e. The maximum Gasteiger partial charge on any atom is 0.275 e. The first-order valence-electron chi connectivity index (χ1n) is 9.72. The lowest BCUT2D eigenvalue weighted by molar-refractivity contribution is 0.283. The molecule has 30 heavy (non-hydrogen) atoms. The van der Waals surface area contributed by atoms with Gasteiger partial charge in [-0.15, -0.1) is 0 Å². The molecule has 0 N–H and O–H groups in total. The van der Waals surface area contributed by atoms with Crippen LogP contribution in [0, 0.1) is 6.92 Å². The van der Waals surface area contributed by atoms with Crippen LogP contribution >= 0.6 is 0 Å². The number of likely N-dealkylation sites (N-methyl/N-ethyl adjacent to an activating group) is 1. The van der Waals surface area contributed by atoms with E-state index in [1.807, 2.05) is 56.9 Å². The molecule has 1 aromatic heterocycles. The van der Waals surface area contributed by atoms with Gasteiger partial charge in [0.25, 0.3) is 5.56 Å². The summed E-state index contributed by atoms with van der Waals surface area (Å²) < 4.78 is 27.6. The number of aryl methyl sites for hydroxylation is 1. The number of rotatable bonds is 6. The van der Waals surface area contributed by atoms with E-state index in [9.17, 15) is 13.2 Å². The molecular formula is C22H28N4O3S. The monoisotopic (exact) mass is 428 g/mol. The average molecular weight is 429 g/mol. The molecule has 0 radical (unpaired) electrons. The van der Waals surface area contributed by atoms with Crippen LogP contribution < -0.4 is 5.56 Å². The molecule has 3 rings (SSSR count). The SMILES string of the molecule is C=C(/N=C(\C=C/C)c1c(-c2ccc(C)cc2)c(=O)n2n1CC(N(C)C)C2)S(C)(=O)=O. The van der Waals surface area contributed by atoms with Crippen molar-refractivity contribution in [2.45, 2.75) is 33.0 Å². The van der Waals surface area contributed by atoms with E-state index in [0.29, 0.717) is 30.1 Å². The van der Waals surface area contributed by atoms with E-state index in [1.54, 1.807) is 16.8 Å². The van der Waals surface area contributed by atoms with Gasteiger partial charge < -0.3 is 4.90 Å². The van der Waals surface area contributed by atoms with Gasteiger partial charge >= 0.3 is 0 Å². The Labute approximate surface area is 177 Å². The van der Waals surface area contributed by atoms with Crippen LogP contribution in [0.15, 0.2) is 57.8 Å². The number of hydrogen-bond acceptors (Lipinski definition) is 5. The zero-order valence-electron chi connectivity index (χ0n) is 18.1. The van der Waals surface area contributed by atoms with Crippen LogP contribution in [-0.4, -0.2) is 54.8 Å². The Balaban J connectivity index is 2.32. The summed E-state index contributed by atoms with van der Waals surface area (Å²) in [4.78, 5) is 19.8. The molecule has 8 heteroatoms. The zero-order valence-corrected chi connectivity index (χ0v) is 18.9. The van der Waals surface area contributed by atoms with Crippen molar-refractivity contribution >= 4 is 15.5 Å². The summed E-state index contributed by atoms with van der Waals surface area (Å²) in [5, 5.41) is -0.236. The molecule has 0 aliphatic carbocycles. The van der Waals surface area contributed by atoms with Crippen LogP contribution in [0.2, 0.25) is 0 Å². The summed E-state index contributed by atoms with van der Waals surface area (Å²) in [6, 6.07) is 7.89. The number of sulfone groups is 1. The Bertz CT molecular complexity index is 1200. The predicted octanol–water partition coefficient (Wildman–Crippen LogP) is 2.45. The molecule has 1 unspecified atom stereocenters. The number of aliphatic imine (C=N–C) groups is 1. The van der Waals surface area contributed by atoms with Gasteiger partial charge in [-0.25, -0.2) is 18.1 Å². The van der Waals surface area contributed by atoms with E-state index in [-0.39, 0.29) is 16.6 Å². The number of nitrogens with zero attached hydrogens (tertiary/aromatic N) is 4. The van der Waals surface area contributed by atoms with Crippen molar-refractivity contribution in [3.63, 3.8) is 0 Å². The van der Waals surface area contributed by atoms with Crippen molar-refractivity contribution in [1.82, 2.24) is 14.3 Å². The van der Waals surface area contributed by atoms with Crippen LogP contribution in [-0.2, 0) is 22.9 Å². The highest BCUT2D eigenvalue weighted by atomic mass is 32.2. The summed E-state index contributed by atoms with van der Waals surface area (Å²) >= 11 is 0. The van der Waals surface area contributed by atoms with Gasteiger partial charge in [0.2, 0.25) is 0 Å². The molecule has 0 bridgehead atoms. The second kappa shape index (κ2) is 8.20. The molecule has 1 aromatic carbocycles. The molecule has 2 aromatic rings. The quantitative estimate of drug-likeness (QED) is 0.663. The first-order valence-corrected chi connectivity index (χ1v) is 11.6. The van der Waals surface area contributed by atoms with Crippen LogP contribution in [0.4, 0.5) is 0 Å². The number of allylic oxidation sites excluding steroid dienone is 2. The minimum absolute atomic E-state index is 0.111. The standard InChI is InChI=1S/C22H28N4O3S/c1-7-8-19(23-16(3)30(6,28)29)21-20(17-11-9-15(2)10-12-17)22(27)26-14-18(24(4)5)13-25(21)26/h7-12,18H,3,13-14H2,1-2,4-6H3/b8-7-,23-19+. The van der Waals surface area contributed by atoms with Crippen molar-refractivity contribution < 1.29 is 8.42 Å². The van der Waals surface area contributed by atoms with Crippen molar-refractivity contribution in [2.75, 3.05) is 20.4 Å². The number of hydrogen-bond donors (Lipinski definition) is 0. The minimum atomic E-state index is -3.56. The van der Waals surface area contributed by atoms with E-state index >= 15 is 0 Å². The van der Waals surface area contributed by atoms with Crippen LogP contribution in [0.5, 0.6) is 0 Å². The molecule has 2 heterocycles. The maximum absolute atomic E-state index is 13.4. The van der Waals surface area contributed by atoms with Crippen molar-refractivity contribution in [1.29, 1.82) is 0 Å². The third-order valence-corrected chi connectivity index (χ3v) is 6.26. The molecule has 1 aliphatic heterocycles. The lowest BCUT2D eigenvalue weighted by Gasteiger charge is -2.17. The number of benzene rings is 1. The molecule has 160 valence electrons. The van der Waals surface area contributed by atoms with Gasteiger partial charge in [0.15, 0.2) is 9.84 Å². The van der Waals surface area contributed by atoms with Crippen molar-refractivity contribution in [3.05, 3.63) is 69.6 Å². The second-order valence-electron chi connectivity index (χ2n) is 7.84. The van der Waals surface area contributed by atoms with Gasteiger partial charge in [0.05, 0.1) is 30.1 Å². The number of aromatic nitrogens is 2.